The summed E-state index contributed by atoms with van der Waals surface area (Å²) in [5.41, 5.74) is 4.66. The first-order chi connectivity index (χ1) is 11.5. The first-order valence-electron chi connectivity index (χ1n) is 8.16. The molecule has 24 heavy (non-hydrogen) atoms. The first-order valence-corrected chi connectivity index (χ1v) is 8.16. The van der Waals surface area contributed by atoms with Crippen molar-refractivity contribution < 1.29 is 9.90 Å². The topological polar surface area (TPSA) is 78.0 Å². The van der Waals surface area contributed by atoms with E-state index in [2.05, 4.69) is 48.2 Å². The SMILES string of the molecule is CC(C)=CCC/C(C)=C/CNC(=O)c1ccc2nc(CO)[nH]c2c1. The second-order valence-electron chi connectivity index (χ2n) is 6.15. The number of aromatic nitrogens is 2. The van der Waals surface area contributed by atoms with Gasteiger partial charge in [-0.15, -0.1) is 0 Å². The van der Waals surface area contributed by atoms with Crippen LogP contribution in [0.5, 0.6) is 0 Å². The number of imidazole rings is 1. The summed E-state index contributed by atoms with van der Waals surface area (Å²) in [6.45, 7) is 6.64. The van der Waals surface area contributed by atoms with Crippen LogP contribution in [0.1, 0.15) is 49.8 Å². The number of nitrogens with one attached hydrogen (secondary N) is 2. The number of hydrogen-bond acceptors (Lipinski definition) is 3. The van der Waals surface area contributed by atoms with Crippen molar-refractivity contribution in [2.24, 2.45) is 0 Å². The number of nitrogens with zero attached hydrogens (tertiary/aromatic N) is 1. The van der Waals surface area contributed by atoms with Crippen molar-refractivity contribution in [2.45, 2.75) is 40.2 Å². The van der Waals surface area contributed by atoms with Gasteiger partial charge in [-0.1, -0.05) is 23.3 Å². The Balaban J connectivity index is 1.91. The number of carbonyl (C=O) groups is 1. The average molecular weight is 327 g/mol. The molecule has 0 fully saturated rings. The molecule has 0 unspecified atom stereocenters. The molecule has 0 atom stereocenters. The maximum atomic E-state index is 12.2. The van der Waals surface area contributed by atoms with Crippen LogP contribution < -0.4 is 5.32 Å². The Morgan fingerprint density at radius 1 is 1.29 bits per heavy atom. The van der Waals surface area contributed by atoms with Crippen molar-refractivity contribution in [3.63, 3.8) is 0 Å². The van der Waals surface area contributed by atoms with Crippen LogP contribution in [-0.2, 0) is 6.61 Å². The highest BCUT2D eigenvalue weighted by Crippen LogP contribution is 2.14. The molecule has 2 rings (SSSR count). The lowest BCUT2D eigenvalue weighted by molar-refractivity contribution is 0.0958. The summed E-state index contributed by atoms with van der Waals surface area (Å²) in [5.74, 6) is 0.378. The fourth-order valence-corrected chi connectivity index (χ4v) is 2.39. The van der Waals surface area contributed by atoms with E-state index in [9.17, 15) is 4.79 Å². The molecular weight excluding hydrogens is 302 g/mol. The second-order valence-corrected chi connectivity index (χ2v) is 6.15. The minimum absolute atomic E-state index is 0.120. The first kappa shape index (κ1) is 17.9. The largest absolute Gasteiger partial charge is 0.388 e. The van der Waals surface area contributed by atoms with Gasteiger partial charge in [0.25, 0.3) is 5.91 Å². The van der Waals surface area contributed by atoms with Crippen LogP contribution in [0.2, 0.25) is 0 Å². The number of amides is 1. The molecule has 1 amide bonds. The third-order valence-corrected chi connectivity index (χ3v) is 3.75. The summed E-state index contributed by atoms with van der Waals surface area (Å²) in [5, 5.41) is 12.0. The zero-order valence-corrected chi connectivity index (χ0v) is 14.5. The van der Waals surface area contributed by atoms with Gasteiger partial charge in [0, 0.05) is 12.1 Å². The van der Waals surface area contributed by atoms with E-state index in [0.717, 1.165) is 23.9 Å². The van der Waals surface area contributed by atoms with Gasteiger partial charge in [-0.05, 0) is 51.8 Å². The summed E-state index contributed by atoms with van der Waals surface area (Å²) in [4.78, 5) is 19.4. The number of benzene rings is 1. The molecule has 0 aliphatic rings. The second kappa shape index (κ2) is 8.45. The molecule has 0 spiro atoms. The number of rotatable bonds is 7. The van der Waals surface area contributed by atoms with E-state index in [1.807, 2.05) is 0 Å². The van der Waals surface area contributed by atoms with Crippen molar-refractivity contribution in [2.75, 3.05) is 6.54 Å². The lowest BCUT2D eigenvalue weighted by atomic mass is 10.1. The number of aliphatic hydroxyl groups is 1. The van der Waals surface area contributed by atoms with Crippen LogP contribution in [0.3, 0.4) is 0 Å². The molecule has 1 heterocycles. The van der Waals surface area contributed by atoms with E-state index >= 15 is 0 Å². The average Bonchev–Trinajstić information content (AvgIpc) is 2.96. The van der Waals surface area contributed by atoms with Crippen molar-refractivity contribution in [1.82, 2.24) is 15.3 Å². The molecule has 0 saturated heterocycles. The third-order valence-electron chi connectivity index (χ3n) is 3.75. The van der Waals surface area contributed by atoms with Crippen LogP contribution in [-0.4, -0.2) is 27.5 Å². The third kappa shape index (κ3) is 5.06. The molecule has 128 valence electrons. The summed E-state index contributed by atoms with van der Waals surface area (Å²) >= 11 is 0. The van der Waals surface area contributed by atoms with Crippen molar-refractivity contribution in [1.29, 1.82) is 0 Å². The molecule has 0 radical (unpaired) electrons. The molecule has 2 aromatic rings. The molecule has 5 nitrogen and oxygen atoms in total. The molecule has 5 heteroatoms. The number of hydrogen-bond donors (Lipinski definition) is 3. The normalized spacial score (nSPS) is 11.6. The van der Waals surface area contributed by atoms with E-state index in [0.29, 0.717) is 17.9 Å². The Labute approximate surface area is 142 Å². The van der Waals surface area contributed by atoms with Crippen LogP contribution in [0.15, 0.2) is 41.5 Å². The van der Waals surface area contributed by atoms with Crippen molar-refractivity contribution >= 4 is 16.9 Å². The lowest BCUT2D eigenvalue weighted by Crippen LogP contribution is -2.23. The molecule has 0 aliphatic heterocycles. The van der Waals surface area contributed by atoms with Gasteiger partial charge in [-0.3, -0.25) is 4.79 Å². The lowest BCUT2D eigenvalue weighted by Gasteiger charge is -2.04. The van der Waals surface area contributed by atoms with E-state index in [1.54, 1.807) is 18.2 Å². The zero-order valence-electron chi connectivity index (χ0n) is 14.5. The maximum Gasteiger partial charge on any atom is 0.251 e. The van der Waals surface area contributed by atoms with Gasteiger partial charge in [0.1, 0.15) is 12.4 Å². The number of aliphatic hydroxyl groups excluding tert-OH is 1. The van der Waals surface area contributed by atoms with Gasteiger partial charge in [0.2, 0.25) is 0 Å². The molecule has 3 N–H and O–H groups in total. The van der Waals surface area contributed by atoms with Crippen LogP contribution in [0, 0.1) is 0 Å². The Kier molecular flexibility index (Phi) is 6.32. The minimum Gasteiger partial charge on any atom is -0.388 e. The number of fused-ring (bicyclic) bond motifs is 1. The van der Waals surface area contributed by atoms with Gasteiger partial charge in [0.15, 0.2) is 0 Å². The molecule has 1 aromatic carbocycles. The predicted molar refractivity (Wildman–Crippen MR) is 96.8 cm³/mol. The summed E-state index contributed by atoms with van der Waals surface area (Å²) in [6.07, 6.45) is 6.30. The molecule has 0 bridgehead atoms. The predicted octanol–water partition coefficient (Wildman–Crippen LogP) is 3.48. The smallest absolute Gasteiger partial charge is 0.251 e. The Morgan fingerprint density at radius 3 is 2.79 bits per heavy atom. The van der Waals surface area contributed by atoms with Crippen LogP contribution in [0.25, 0.3) is 11.0 Å². The van der Waals surface area contributed by atoms with Gasteiger partial charge in [-0.2, -0.15) is 0 Å². The standard InChI is InChI=1S/C19H25N3O2/c1-13(2)5-4-6-14(3)9-10-20-19(24)15-7-8-16-17(11-15)22-18(12-23)21-16/h5,7-9,11,23H,4,6,10,12H2,1-3H3,(H,20,24)(H,21,22)/b14-9+. The van der Waals surface area contributed by atoms with Crippen molar-refractivity contribution in [3.8, 4) is 0 Å². The monoisotopic (exact) mass is 327 g/mol. The van der Waals surface area contributed by atoms with E-state index < -0.39 is 0 Å². The van der Waals surface area contributed by atoms with E-state index in [4.69, 9.17) is 5.11 Å². The van der Waals surface area contributed by atoms with Crippen molar-refractivity contribution in [3.05, 3.63) is 52.9 Å². The number of aromatic amines is 1. The zero-order chi connectivity index (χ0) is 17.5. The summed E-state index contributed by atoms with van der Waals surface area (Å²) in [6, 6.07) is 5.27. The van der Waals surface area contributed by atoms with Crippen LogP contribution >= 0.6 is 0 Å². The molecule has 0 saturated carbocycles. The van der Waals surface area contributed by atoms with E-state index in [1.165, 1.54) is 11.1 Å². The number of carbonyl (C=O) groups excluding carboxylic acids is 1. The number of H-pyrrole nitrogens is 1. The van der Waals surface area contributed by atoms with Gasteiger partial charge >= 0.3 is 0 Å². The molecule has 0 aliphatic carbocycles. The van der Waals surface area contributed by atoms with Gasteiger partial charge < -0.3 is 15.4 Å². The highest BCUT2D eigenvalue weighted by Gasteiger charge is 2.08. The Bertz CT molecular complexity index is 768. The molecule has 1 aromatic heterocycles. The number of allylic oxidation sites excluding steroid dienone is 3. The van der Waals surface area contributed by atoms with Gasteiger partial charge in [0.05, 0.1) is 11.0 Å². The minimum atomic E-state index is -0.146. The highest BCUT2D eigenvalue weighted by molar-refractivity contribution is 5.97. The van der Waals surface area contributed by atoms with Gasteiger partial charge in [-0.25, -0.2) is 4.98 Å². The molecular formula is C19H25N3O2. The summed E-state index contributed by atoms with van der Waals surface area (Å²) < 4.78 is 0. The Morgan fingerprint density at radius 2 is 2.08 bits per heavy atom. The highest BCUT2D eigenvalue weighted by atomic mass is 16.3. The fraction of sp³-hybridized carbons (Fsp3) is 0.368. The van der Waals surface area contributed by atoms with Crippen LogP contribution in [0.4, 0.5) is 0 Å². The summed E-state index contributed by atoms with van der Waals surface area (Å²) in [7, 11) is 0. The fourth-order valence-electron chi connectivity index (χ4n) is 2.39. The maximum absolute atomic E-state index is 12.2. The Hall–Kier alpha value is -2.40. The quantitative estimate of drug-likeness (QED) is 0.681. The van der Waals surface area contributed by atoms with E-state index in [-0.39, 0.29) is 12.5 Å².